The van der Waals surface area contributed by atoms with Crippen LogP contribution in [0.2, 0.25) is 0 Å². The molecule has 0 bridgehead atoms. The summed E-state index contributed by atoms with van der Waals surface area (Å²) in [6.45, 7) is 5.07. The highest BCUT2D eigenvalue weighted by Crippen LogP contribution is 2.13. The van der Waals surface area contributed by atoms with Crippen molar-refractivity contribution in [1.82, 2.24) is 24.5 Å². The Morgan fingerprint density at radius 3 is 3.00 bits per heavy atom. The first-order valence-corrected chi connectivity index (χ1v) is 6.26. The molecule has 5 nitrogen and oxygen atoms in total. The van der Waals surface area contributed by atoms with Gasteiger partial charge in [-0.2, -0.15) is 10.2 Å². The zero-order valence-electron chi connectivity index (χ0n) is 10.1. The Bertz CT molecular complexity index is 510. The van der Waals surface area contributed by atoms with Gasteiger partial charge in [0.15, 0.2) is 4.77 Å². The molecule has 0 aliphatic rings. The number of nitrogens with one attached hydrogen (secondary N) is 1. The summed E-state index contributed by atoms with van der Waals surface area (Å²) in [5, 5.41) is 11.4. The van der Waals surface area contributed by atoms with E-state index in [1.54, 1.807) is 6.20 Å². The van der Waals surface area contributed by atoms with Gasteiger partial charge in [0.2, 0.25) is 0 Å². The molecule has 17 heavy (non-hydrogen) atoms. The quantitative estimate of drug-likeness (QED) is 0.830. The van der Waals surface area contributed by atoms with Gasteiger partial charge in [0.1, 0.15) is 5.82 Å². The highest BCUT2D eigenvalue weighted by Gasteiger charge is 2.12. The molecule has 92 valence electrons. The molecule has 0 aromatic carbocycles. The Balaban J connectivity index is 2.20. The van der Waals surface area contributed by atoms with Crippen molar-refractivity contribution in [2.75, 3.05) is 0 Å². The van der Waals surface area contributed by atoms with Gasteiger partial charge in [-0.3, -0.25) is 14.3 Å². The van der Waals surface area contributed by atoms with Gasteiger partial charge < -0.3 is 0 Å². The monoisotopic (exact) mass is 251 g/mol. The van der Waals surface area contributed by atoms with Gasteiger partial charge in [-0.25, -0.2) is 0 Å². The molecule has 0 saturated carbocycles. The predicted molar refractivity (Wildman–Crippen MR) is 68.3 cm³/mol. The summed E-state index contributed by atoms with van der Waals surface area (Å²) in [5.74, 6) is 1.03. The van der Waals surface area contributed by atoms with Crippen molar-refractivity contribution in [2.45, 2.75) is 39.3 Å². The maximum Gasteiger partial charge on any atom is 0.195 e. The van der Waals surface area contributed by atoms with E-state index in [9.17, 15) is 0 Å². The molecule has 6 heteroatoms. The minimum Gasteiger partial charge on any atom is -0.299 e. The van der Waals surface area contributed by atoms with Gasteiger partial charge in [0, 0.05) is 18.8 Å². The highest BCUT2D eigenvalue weighted by molar-refractivity contribution is 7.71. The number of aromatic nitrogens is 5. The zero-order chi connectivity index (χ0) is 12.3. The average molecular weight is 251 g/mol. The Morgan fingerprint density at radius 2 is 2.35 bits per heavy atom. The van der Waals surface area contributed by atoms with E-state index in [1.165, 1.54) is 0 Å². The van der Waals surface area contributed by atoms with Crippen LogP contribution in [0.15, 0.2) is 18.5 Å². The summed E-state index contributed by atoms with van der Waals surface area (Å²) in [6, 6.07) is 2.18. The lowest BCUT2D eigenvalue weighted by Gasteiger charge is -2.15. The molecule has 2 aromatic heterocycles. The molecule has 0 aliphatic heterocycles. The molecule has 0 radical (unpaired) electrons. The molecule has 2 heterocycles. The first-order valence-electron chi connectivity index (χ1n) is 5.85. The van der Waals surface area contributed by atoms with Crippen LogP contribution in [0.1, 0.15) is 32.1 Å². The topological polar surface area (TPSA) is 51.4 Å². The number of nitrogens with zero attached hydrogens (tertiary/aromatic N) is 4. The van der Waals surface area contributed by atoms with Crippen LogP contribution in [0.4, 0.5) is 0 Å². The van der Waals surface area contributed by atoms with Crippen molar-refractivity contribution in [3.8, 4) is 0 Å². The summed E-state index contributed by atoms with van der Waals surface area (Å²) in [4.78, 5) is 0. The minimum atomic E-state index is 0.252. The largest absolute Gasteiger partial charge is 0.299 e. The van der Waals surface area contributed by atoms with Crippen LogP contribution in [-0.2, 0) is 13.0 Å². The molecule has 0 fully saturated rings. The van der Waals surface area contributed by atoms with Crippen LogP contribution in [0.25, 0.3) is 0 Å². The average Bonchev–Trinajstić information content (AvgIpc) is 2.89. The molecular weight excluding hydrogens is 234 g/mol. The lowest BCUT2D eigenvalue weighted by molar-refractivity contribution is 0.421. The normalized spacial score (nSPS) is 12.8. The summed E-state index contributed by atoms with van der Waals surface area (Å²) in [5.41, 5.74) is 0. The number of aryl methyl sites for hydroxylation is 1. The van der Waals surface area contributed by atoms with Crippen molar-refractivity contribution < 1.29 is 0 Å². The minimum absolute atomic E-state index is 0.252. The number of H-pyrrole nitrogens is 1. The molecule has 0 aliphatic carbocycles. The van der Waals surface area contributed by atoms with Crippen molar-refractivity contribution in [2.24, 2.45) is 0 Å². The summed E-state index contributed by atoms with van der Waals surface area (Å²) in [6.07, 6.45) is 5.75. The number of aromatic amines is 1. The van der Waals surface area contributed by atoms with Gasteiger partial charge >= 0.3 is 0 Å². The van der Waals surface area contributed by atoms with Crippen molar-refractivity contribution in [3.05, 3.63) is 29.1 Å². The third kappa shape index (κ3) is 2.63. The van der Waals surface area contributed by atoms with Crippen LogP contribution in [0.5, 0.6) is 0 Å². The molecule has 0 spiro atoms. The van der Waals surface area contributed by atoms with Gasteiger partial charge in [0.25, 0.3) is 0 Å². The molecule has 1 atom stereocenters. The van der Waals surface area contributed by atoms with Gasteiger partial charge in [-0.05, 0) is 31.6 Å². The van der Waals surface area contributed by atoms with Crippen LogP contribution < -0.4 is 0 Å². The number of hydrogen-bond acceptors (Lipinski definition) is 3. The Kier molecular flexibility index (Phi) is 3.73. The van der Waals surface area contributed by atoms with Crippen LogP contribution in [-0.4, -0.2) is 24.5 Å². The molecule has 2 aromatic rings. The van der Waals surface area contributed by atoms with Crippen LogP contribution >= 0.6 is 12.2 Å². The smallest absolute Gasteiger partial charge is 0.195 e. The van der Waals surface area contributed by atoms with E-state index < -0.39 is 0 Å². The summed E-state index contributed by atoms with van der Waals surface area (Å²) < 4.78 is 4.68. The Labute approximate surface area is 105 Å². The second kappa shape index (κ2) is 5.27. The van der Waals surface area contributed by atoms with Gasteiger partial charge in [-0.15, -0.1) is 0 Å². The fourth-order valence-electron chi connectivity index (χ4n) is 1.95. The van der Waals surface area contributed by atoms with E-state index in [0.29, 0.717) is 4.77 Å². The van der Waals surface area contributed by atoms with E-state index in [0.717, 1.165) is 25.2 Å². The van der Waals surface area contributed by atoms with E-state index in [4.69, 9.17) is 12.2 Å². The van der Waals surface area contributed by atoms with Crippen molar-refractivity contribution in [3.63, 3.8) is 0 Å². The second-order valence-corrected chi connectivity index (χ2v) is 4.53. The lowest BCUT2D eigenvalue weighted by Crippen LogP contribution is -2.16. The third-order valence-corrected chi connectivity index (χ3v) is 2.99. The van der Waals surface area contributed by atoms with Crippen LogP contribution in [0, 0.1) is 4.77 Å². The first kappa shape index (κ1) is 12.0. The highest BCUT2D eigenvalue weighted by atomic mass is 32.1. The molecule has 2 rings (SSSR count). The molecule has 0 amide bonds. The van der Waals surface area contributed by atoms with Gasteiger partial charge in [-0.1, -0.05) is 6.92 Å². The third-order valence-electron chi connectivity index (χ3n) is 2.70. The maximum absolute atomic E-state index is 5.27. The fourth-order valence-corrected chi connectivity index (χ4v) is 2.28. The molecular formula is C11H17N5S. The Hall–Kier alpha value is -1.43. The summed E-state index contributed by atoms with van der Waals surface area (Å²) in [7, 11) is 0. The lowest BCUT2D eigenvalue weighted by atomic mass is 10.3. The van der Waals surface area contributed by atoms with Crippen molar-refractivity contribution in [1.29, 1.82) is 0 Å². The number of hydrogen-bond donors (Lipinski definition) is 1. The van der Waals surface area contributed by atoms with E-state index >= 15 is 0 Å². The summed E-state index contributed by atoms with van der Waals surface area (Å²) >= 11 is 5.27. The zero-order valence-corrected chi connectivity index (χ0v) is 10.9. The first-order chi connectivity index (χ1) is 8.22. The second-order valence-electron chi connectivity index (χ2n) is 4.14. The van der Waals surface area contributed by atoms with E-state index in [2.05, 4.69) is 33.7 Å². The van der Waals surface area contributed by atoms with Gasteiger partial charge in [0.05, 0.1) is 12.6 Å². The van der Waals surface area contributed by atoms with E-state index in [1.807, 2.05) is 16.9 Å². The molecule has 1 N–H and O–H groups in total. The predicted octanol–water partition coefficient (Wildman–Crippen LogP) is 2.35. The van der Waals surface area contributed by atoms with Crippen molar-refractivity contribution >= 4 is 12.2 Å². The van der Waals surface area contributed by atoms with E-state index in [-0.39, 0.29) is 6.04 Å². The SMILES string of the molecule is CCCc1n[nH]c(=S)n1C(C)Cn1cccn1. The number of rotatable bonds is 5. The molecule has 1 unspecified atom stereocenters. The fraction of sp³-hybridized carbons (Fsp3) is 0.545. The maximum atomic E-state index is 5.27. The standard InChI is InChI=1S/C11H17N5S/c1-3-5-10-13-14-11(17)16(10)9(2)8-15-7-4-6-12-15/h4,6-7,9H,3,5,8H2,1-2H3,(H,14,17). The van der Waals surface area contributed by atoms with Crippen LogP contribution in [0.3, 0.4) is 0 Å². The molecule has 0 saturated heterocycles. The Morgan fingerprint density at radius 1 is 1.53 bits per heavy atom.